The van der Waals surface area contributed by atoms with E-state index in [0.29, 0.717) is 18.1 Å². The number of rotatable bonds is 6. The lowest BCUT2D eigenvalue weighted by Gasteiger charge is -2.10. The zero-order chi connectivity index (χ0) is 14.4. The van der Waals surface area contributed by atoms with Crippen molar-refractivity contribution in [2.75, 3.05) is 13.7 Å². The van der Waals surface area contributed by atoms with Crippen LogP contribution in [0.4, 0.5) is 0 Å². The molecule has 1 heterocycles. The molecule has 20 heavy (non-hydrogen) atoms. The second kappa shape index (κ2) is 6.96. The average Bonchev–Trinajstić information content (AvgIpc) is 2.47. The topological polar surface area (TPSA) is 53.5 Å². The predicted octanol–water partition coefficient (Wildman–Crippen LogP) is 3.72. The molecule has 1 aromatic heterocycles. The maximum atomic E-state index is 5.90. The van der Waals surface area contributed by atoms with Crippen molar-refractivity contribution < 1.29 is 14.2 Å². The van der Waals surface area contributed by atoms with Crippen LogP contribution < -0.4 is 14.2 Å². The molecule has 0 fully saturated rings. The van der Waals surface area contributed by atoms with Crippen LogP contribution in [0.25, 0.3) is 0 Å². The summed E-state index contributed by atoms with van der Waals surface area (Å²) >= 11 is 5.90. The van der Waals surface area contributed by atoms with Crippen molar-refractivity contribution in [2.24, 2.45) is 0 Å². The molecule has 2 rings (SSSR count). The van der Waals surface area contributed by atoms with Gasteiger partial charge in [-0.15, -0.1) is 0 Å². The largest absolute Gasteiger partial charge is 0.494 e. The Bertz CT molecular complexity index is 561. The Morgan fingerprint density at radius 1 is 1.10 bits per heavy atom. The fourth-order valence-corrected chi connectivity index (χ4v) is 1.72. The van der Waals surface area contributed by atoms with Gasteiger partial charge in [0.1, 0.15) is 17.8 Å². The van der Waals surface area contributed by atoms with Gasteiger partial charge < -0.3 is 14.2 Å². The first-order valence-corrected chi connectivity index (χ1v) is 6.57. The van der Waals surface area contributed by atoms with Gasteiger partial charge in [0.15, 0.2) is 5.15 Å². The minimum atomic E-state index is 0.209. The summed E-state index contributed by atoms with van der Waals surface area (Å²) in [5.41, 5.74) is 0. The third-order valence-electron chi connectivity index (χ3n) is 2.44. The molecule has 0 aliphatic heterocycles. The number of ether oxygens (including phenoxy) is 3. The van der Waals surface area contributed by atoms with Crippen molar-refractivity contribution in [3.63, 3.8) is 0 Å². The Labute approximate surface area is 122 Å². The molecule has 0 N–H and O–H groups in total. The maximum Gasteiger partial charge on any atom is 0.267 e. The van der Waals surface area contributed by atoms with E-state index in [4.69, 9.17) is 25.8 Å². The van der Waals surface area contributed by atoms with Crippen molar-refractivity contribution in [3.05, 3.63) is 35.7 Å². The van der Waals surface area contributed by atoms with Gasteiger partial charge in [-0.05, 0) is 30.7 Å². The summed E-state index contributed by atoms with van der Waals surface area (Å²) in [7, 11) is 1.49. The second-order valence-electron chi connectivity index (χ2n) is 3.92. The summed E-state index contributed by atoms with van der Waals surface area (Å²) in [5, 5.41) is 0.209. The van der Waals surface area contributed by atoms with Crippen LogP contribution in [0, 0.1) is 0 Å². The standard InChI is InChI=1S/C14H15ClN2O3/c1-3-8-19-10-4-6-11(7-5-10)20-14-12(18-2)13(15)16-9-17-14/h4-7,9H,3,8H2,1-2H3. The normalized spacial score (nSPS) is 10.2. The van der Waals surface area contributed by atoms with E-state index in [1.807, 2.05) is 12.1 Å². The van der Waals surface area contributed by atoms with Crippen LogP contribution >= 0.6 is 11.6 Å². The molecule has 0 amide bonds. The first-order valence-electron chi connectivity index (χ1n) is 6.19. The van der Waals surface area contributed by atoms with Gasteiger partial charge in [-0.2, -0.15) is 4.98 Å². The van der Waals surface area contributed by atoms with Crippen LogP contribution in [-0.4, -0.2) is 23.7 Å². The summed E-state index contributed by atoms with van der Waals surface area (Å²) < 4.78 is 16.2. The molecule has 0 atom stereocenters. The zero-order valence-electron chi connectivity index (χ0n) is 11.3. The van der Waals surface area contributed by atoms with Crippen molar-refractivity contribution in [1.82, 2.24) is 9.97 Å². The molecule has 2 aromatic rings. The minimum absolute atomic E-state index is 0.209. The second-order valence-corrected chi connectivity index (χ2v) is 4.28. The lowest BCUT2D eigenvalue weighted by molar-refractivity contribution is 0.316. The quantitative estimate of drug-likeness (QED) is 0.760. The fourth-order valence-electron chi connectivity index (χ4n) is 1.52. The van der Waals surface area contributed by atoms with E-state index in [0.717, 1.165) is 12.2 Å². The van der Waals surface area contributed by atoms with Gasteiger partial charge in [0.25, 0.3) is 5.88 Å². The van der Waals surface area contributed by atoms with Crippen molar-refractivity contribution in [3.8, 4) is 23.1 Å². The van der Waals surface area contributed by atoms with Gasteiger partial charge in [0.2, 0.25) is 5.75 Å². The Morgan fingerprint density at radius 3 is 2.45 bits per heavy atom. The van der Waals surface area contributed by atoms with E-state index in [1.54, 1.807) is 12.1 Å². The third-order valence-corrected chi connectivity index (χ3v) is 2.71. The predicted molar refractivity (Wildman–Crippen MR) is 75.9 cm³/mol. The highest BCUT2D eigenvalue weighted by Gasteiger charge is 2.12. The molecule has 0 saturated heterocycles. The first-order chi connectivity index (χ1) is 9.74. The molecule has 0 saturated carbocycles. The van der Waals surface area contributed by atoms with Gasteiger partial charge in [-0.1, -0.05) is 18.5 Å². The van der Waals surface area contributed by atoms with Crippen LogP contribution in [0.15, 0.2) is 30.6 Å². The summed E-state index contributed by atoms with van der Waals surface area (Å²) in [6.45, 7) is 2.75. The molecule has 6 heteroatoms. The van der Waals surface area contributed by atoms with Gasteiger partial charge in [0.05, 0.1) is 13.7 Å². The first kappa shape index (κ1) is 14.4. The zero-order valence-corrected chi connectivity index (χ0v) is 12.1. The van der Waals surface area contributed by atoms with E-state index < -0.39 is 0 Å². The Balaban J connectivity index is 2.12. The molecule has 0 spiro atoms. The van der Waals surface area contributed by atoms with E-state index in [1.165, 1.54) is 13.4 Å². The fraction of sp³-hybridized carbons (Fsp3) is 0.286. The number of halogens is 1. The minimum Gasteiger partial charge on any atom is -0.494 e. The van der Waals surface area contributed by atoms with Crippen molar-refractivity contribution in [1.29, 1.82) is 0 Å². The van der Waals surface area contributed by atoms with Gasteiger partial charge in [-0.25, -0.2) is 4.98 Å². The van der Waals surface area contributed by atoms with Crippen molar-refractivity contribution in [2.45, 2.75) is 13.3 Å². The van der Waals surface area contributed by atoms with Crippen LogP contribution in [0.2, 0.25) is 5.15 Å². The number of benzene rings is 1. The average molecular weight is 295 g/mol. The molecular weight excluding hydrogens is 280 g/mol. The van der Waals surface area contributed by atoms with E-state index >= 15 is 0 Å². The molecular formula is C14H15ClN2O3. The number of hydrogen-bond donors (Lipinski definition) is 0. The van der Waals surface area contributed by atoms with E-state index in [2.05, 4.69) is 16.9 Å². The lowest BCUT2D eigenvalue weighted by atomic mass is 10.3. The summed E-state index contributed by atoms with van der Waals surface area (Å²) in [5.74, 6) is 1.99. The highest BCUT2D eigenvalue weighted by molar-refractivity contribution is 6.31. The monoisotopic (exact) mass is 294 g/mol. The van der Waals surface area contributed by atoms with Gasteiger partial charge >= 0.3 is 0 Å². The molecule has 0 aliphatic carbocycles. The van der Waals surface area contributed by atoms with Crippen LogP contribution in [0.1, 0.15) is 13.3 Å². The van der Waals surface area contributed by atoms with E-state index in [-0.39, 0.29) is 11.0 Å². The number of nitrogens with zero attached hydrogens (tertiary/aromatic N) is 2. The highest BCUT2D eigenvalue weighted by Crippen LogP contribution is 2.34. The molecule has 106 valence electrons. The van der Waals surface area contributed by atoms with Crippen molar-refractivity contribution >= 4 is 11.6 Å². The third kappa shape index (κ3) is 3.51. The number of methoxy groups -OCH3 is 1. The van der Waals surface area contributed by atoms with Crippen LogP contribution in [0.5, 0.6) is 23.1 Å². The summed E-state index contributed by atoms with van der Waals surface area (Å²) in [4.78, 5) is 7.83. The molecule has 0 unspecified atom stereocenters. The maximum absolute atomic E-state index is 5.90. The Hall–Kier alpha value is -2.01. The SMILES string of the molecule is CCCOc1ccc(Oc2ncnc(Cl)c2OC)cc1. The molecule has 0 aliphatic rings. The summed E-state index contributed by atoms with van der Waals surface area (Å²) in [6, 6.07) is 7.25. The van der Waals surface area contributed by atoms with Gasteiger partial charge in [0, 0.05) is 0 Å². The van der Waals surface area contributed by atoms with Gasteiger partial charge in [-0.3, -0.25) is 0 Å². The molecule has 1 aromatic carbocycles. The van der Waals surface area contributed by atoms with Crippen LogP contribution in [0.3, 0.4) is 0 Å². The Kier molecular flexibility index (Phi) is 5.01. The molecule has 5 nitrogen and oxygen atoms in total. The number of aromatic nitrogens is 2. The Morgan fingerprint density at radius 2 is 1.80 bits per heavy atom. The number of hydrogen-bond acceptors (Lipinski definition) is 5. The van der Waals surface area contributed by atoms with E-state index in [9.17, 15) is 0 Å². The summed E-state index contributed by atoms with van der Waals surface area (Å²) in [6.07, 6.45) is 2.29. The molecule has 0 radical (unpaired) electrons. The lowest BCUT2D eigenvalue weighted by Crippen LogP contribution is -1.96. The smallest absolute Gasteiger partial charge is 0.267 e. The highest BCUT2D eigenvalue weighted by atomic mass is 35.5. The molecule has 0 bridgehead atoms. The van der Waals surface area contributed by atoms with Crippen LogP contribution in [-0.2, 0) is 0 Å².